The molecular formula is C16H20ClNO. The van der Waals surface area contributed by atoms with E-state index in [0.29, 0.717) is 0 Å². The van der Waals surface area contributed by atoms with E-state index in [1.54, 1.807) is 0 Å². The van der Waals surface area contributed by atoms with Crippen LogP contribution in [0.5, 0.6) is 0 Å². The fourth-order valence-electron chi connectivity index (χ4n) is 2.48. The van der Waals surface area contributed by atoms with E-state index in [0.717, 1.165) is 23.1 Å². The van der Waals surface area contributed by atoms with Crippen molar-refractivity contribution in [2.75, 3.05) is 6.54 Å². The third-order valence-corrected chi connectivity index (χ3v) is 3.77. The lowest BCUT2D eigenvalue weighted by Crippen LogP contribution is -2.22. The predicted molar refractivity (Wildman–Crippen MR) is 79.9 cm³/mol. The van der Waals surface area contributed by atoms with E-state index in [4.69, 9.17) is 16.0 Å². The van der Waals surface area contributed by atoms with Gasteiger partial charge in [-0.3, -0.25) is 0 Å². The first-order valence-corrected chi connectivity index (χ1v) is 6.97. The van der Waals surface area contributed by atoms with Crippen LogP contribution in [-0.2, 0) is 0 Å². The second-order valence-corrected chi connectivity index (χ2v) is 5.23. The van der Waals surface area contributed by atoms with Crippen molar-refractivity contribution in [3.05, 3.63) is 57.5 Å². The molecule has 2 rings (SSSR count). The zero-order chi connectivity index (χ0) is 14.0. The molecule has 2 nitrogen and oxygen atoms in total. The number of hydrogen-bond acceptors (Lipinski definition) is 2. The topological polar surface area (TPSA) is 25.2 Å². The van der Waals surface area contributed by atoms with Crippen LogP contribution in [-0.4, -0.2) is 6.54 Å². The monoisotopic (exact) mass is 277 g/mol. The van der Waals surface area contributed by atoms with Crippen LogP contribution in [0.2, 0.25) is 5.02 Å². The molecule has 1 N–H and O–H groups in total. The Balaban J connectivity index is 2.48. The lowest BCUT2D eigenvalue weighted by molar-refractivity contribution is 0.494. The molecule has 0 radical (unpaired) electrons. The molecule has 2 aromatic rings. The van der Waals surface area contributed by atoms with Crippen molar-refractivity contribution in [1.29, 1.82) is 0 Å². The van der Waals surface area contributed by atoms with Crippen LogP contribution in [0.3, 0.4) is 0 Å². The van der Waals surface area contributed by atoms with Crippen molar-refractivity contribution >= 4 is 11.6 Å². The van der Waals surface area contributed by atoms with E-state index < -0.39 is 0 Å². The fraction of sp³-hybridized carbons (Fsp3) is 0.375. The summed E-state index contributed by atoms with van der Waals surface area (Å²) in [5, 5.41) is 4.29. The molecule has 1 aromatic carbocycles. The number of hydrogen-bond donors (Lipinski definition) is 1. The highest BCUT2D eigenvalue weighted by Gasteiger charge is 2.21. The van der Waals surface area contributed by atoms with Crippen LogP contribution in [0.1, 0.15) is 41.2 Å². The van der Waals surface area contributed by atoms with Crippen LogP contribution in [0.15, 0.2) is 28.7 Å². The maximum atomic E-state index is 5.97. The average molecular weight is 278 g/mol. The van der Waals surface area contributed by atoms with Gasteiger partial charge in [0.25, 0.3) is 0 Å². The van der Waals surface area contributed by atoms with Crippen molar-refractivity contribution in [3.8, 4) is 0 Å². The van der Waals surface area contributed by atoms with E-state index in [9.17, 15) is 0 Å². The molecule has 102 valence electrons. The summed E-state index contributed by atoms with van der Waals surface area (Å²) in [5.41, 5.74) is 3.67. The maximum absolute atomic E-state index is 5.97. The molecule has 0 aliphatic heterocycles. The van der Waals surface area contributed by atoms with Gasteiger partial charge in [-0.05, 0) is 50.6 Å². The Bertz CT molecular complexity index is 557. The van der Waals surface area contributed by atoms with Gasteiger partial charge < -0.3 is 9.73 Å². The maximum Gasteiger partial charge on any atom is 0.106 e. The largest absolute Gasteiger partial charge is 0.466 e. The van der Waals surface area contributed by atoms with Gasteiger partial charge in [0.15, 0.2) is 0 Å². The number of nitrogens with one attached hydrogen (secondary N) is 1. The van der Waals surface area contributed by atoms with E-state index >= 15 is 0 Å². The molecule has 0 saturated carbocycles. The van der Waals surface area contributed by atoms with Crippen LogP contribution >= 0.6 is 11.6 Å². The van der Waals surface area contributed by atoms with Crippen LogP contribution in [0.25, 0.3) is 0 Å². The Morgan fingerprint density at radius 3 is 2.21 bits per heavy atom. The van der Waals surface area contributed by atoms with Gasteiger partial charge in [-0.25, -0.2) is 0 Å². The van der Waals surface area contributed by atoms with Gasteiger partial charge in [-0.2, -0.15) is 0 Å². The van der Waals surface area contributed by atoms with Crippen LogP contribution in [0.4, 0.5) is 0 Å². The van der Waals surface area contributed by atoms with Crippen molar-refractivity contribution in [1.82, 2.24) is 5.32 Å². The number of aryl methyl sites for hydroxylation is 2. The minimum absolute atomic E-state index is 0.153. The zero-order valence-electron chi connectivity index (χ0n) is 11.9. The normalized spacial score (nSPS) is 12.7. The Labute approximate surface area is 119 Å². The summed E-state index contributed by atoms with van der Waals surface area (Å²) in [5.74, 6) is 1.97. The third kappa shape index (κ3) is 2.85. The number of rotatable bonds is 4. The molecule has 1 heterocycles. The van der Waals surface area contributed by atoms with Gasteiger partial charge in [0.05, 0.1) is 6.04 Å². The van der Waals surface area contributed by atoms with E-state index in [-0.39, 0.29) is 6.04 Å². The Kier molecular flexibility index (Phi) is 4.33. The molecule has 1 atom stereocenters. The quantitative estimate of drug-likeness (QED) is 0.886. The van der Waals surface area contributed by atoms with Gasteiger partial charge in [0.1, 0.15) is 11.5 Å². The number of benzene rings is 1. The molecule has 0 amide bonds. The SMILES string of the molecule is CCNC(c1ccc(Cl)cc1)c1c(C)oc(C)c1C. The van der Waals surface area contributed by atoms with Crippen molar-refractivity contribution < 1.29 is 4.42 Å². The second-order valence-electron chi connectivity index (χ2n) is 4.80. The lowest BCUT2D eigenvalue weighted by atomic mass is 9.95. The molecule has 0 bridgehead atoms. The van der Waals surface area contributed by atoms with Gasteiger partial charge in [0, 0.05) is 10.6 Å². The first kappa shape index (κ1) is 14.2. The third-order valence-electron chi connectivity index (χ3n) is 3.52. The summed E-state index contributed by atoms with van der Waals surface area (Å²) >= 11 is 5.97. The Morgan fingerprint density at radius 2 is 1.74 bits per heavy atom. The Hall–Kier alpha value is -1.25. The molecule has 0 saturated heterocycles. The molecule has 0 aliphatic carbocycles. The van der Waals surface area contributed by atoms with Gasteiger partial charge >= 0.3 is 0 Å². The van der Waals surface area contributed by atoms with E-state index in [2.05, 4.69) is 31.3 Å². The smallest absolute Gasteiger partial charge is 0.106 e. The predicted octanol–water partition coefficient (Wildman–Crippen LogP) is 4.56. The summed E-state index contributed by atoms with van der Waals surface area (Å²) in [6.45, 7) is 9.16. The molecular weight excluding hydrogens is 258 g/mol. The molecule has 19 heavy (non-hydrogen) atoms. The number of furan rings is 1. The molecule has 0 spiro atoms. The van der Waals surface area contributed by atoms with Crippen molar-refractivity contribution in [3.63, 3.8) is 0 Å². The highest BCUT2D eigenvalue weighted by molar-refractivity contribution is 6.30. The highest BCUT2D eigenvalue weighted by Crippen LogP contribution is 2.31. The first-order valence-electron chi connectivity index (χ1n) is 6.60. The van der Waals surface area contributed by atoms with Crippen molar-refractivity contribution in [2.45, 2.75) is 33.7 Å². The molecule has 1 aromatic heterocycles. The zero-order valence-corrected chi connectivity index (χ0v) is 12.6. The minimum atomic E-state index is 0.153. The summed E-state index contributed by atoms with van der Waals surface area (Å²) in [6.07, 6.45) is 0. The summed E-state index contributed by atoms with van der Waals surface area (Å²) < 4.78 is 5.75. The molecule has 1 unspecified atom stereocenters. The van der Waals surface area contributed by atoms with Crippen LogP contribution in [0, 0.1) is 20.8 Å². The first-order chi connectivity index (χ1) is 9.04. The lowest BCUT2D eigenvalue weighted by Gasteiger charge is -2.19. The standard InChI is InChI=1S/C16H20ClNO/c1-5-18-16(13-6-8-14(17)9-7-13)15-10(2)11(3)19-12(15)4/h6-9,16,18H,5H2,1-4H3. The second kappa shape index (κ2) is 5.81. The van der Waals surface area contributed by atoms with Gasteiger partial charge in [-0.15, -0.1) is 0 Å². The van der Waals surface area contributed by atoms with Gasteiger partial charge in [-0.1, -0.05) is 30.7 Å². The van der Waals surface area contributed by atoms with Crippen molar-refractivity contribution in [2.24, 2.45) is 0 Å². The average Bonchev–Trinajstić information content (AvgIpc) is 2.62. The highest BCUT2D eigenvalue weighted by atomic mass is 35.5. The van der Waals surface area contributed by atoms with E-state index in [1.807, 2.05) is 26.0 Å². The van der Waals surface area contributed by atoms with Crippen LogP contribution < -0.4 is 5.32 Å². The van der Waals surface area contributed by atoms with E-state index in [1.165, 1.54) is 16.7 Å². The fourth-order valence-corrected chi connectivity index (χ4v) is 2.61. The number of halogens is 1. The molecule has 3 heteroatoms. The molecule has 0 aliphatic rings. The summed E-state index contributed by atoms with van der Waals surface area (Å²) in [7, 11) is 0. The Morgan fingerprint density at radius 1 is 1.11 bits per heavy atom. The summed E-state index contributed by atoms with van der Waals surface area (Å²) in [4.78, 5) is 0. The minimum Gasteiger partial charge on any atom is -0.466 e. The molecule has 0 fully saturated rings. The van der Waals surface area contributed by atoms with Gasteiger partial charge in [0.2, 0.25) is 0 Å². The summed E-state index contributed by atoms with van der Waals surface area (Å²) in [6, 6.07) is 8.14.